The van der Waals surface area contributed by atoms with Crippen LogP contribution in [0.4, 0.5) is 5.69 Å². The van der Waals surface area contributed by atoms with Gasteiger partial charge in [0.25, 0.3) is 0 Å². The number of halogens is 1. The minimum atomic E-state index is -1.06. The predicted molar refractivity (Wildman–Crippen MR) is 136 cm³/mol. The molecule has 4 nitrogen and oxygen atoms in total. The molecule has 4 unspecified atom stereocenters. The van der Waals surface area contributed by atoms with E-state index in [0.29, 0.717) is 5.69 Å². The summed E-state index contributed by atoms with van der Waals surface area (Å²) in [5, 5.41) is 0. The van der Waals surface area contributed by atoms with Crippen molar-refractivity contribution in [1.29, 1.82) is 0 Å². The molecule has 2 fully saturated rings. The second kappa shape index (κ2) is 7.23. The van der Waals surface area contributed by atoms with Crippen LogP contribution in [0.15, 0.2) is 114 Å². The van der Waals surface area contributed by atoms with E-state index in [9.17, 15) is 9.59 Å². The van der Waals surface area contributed by atoms with Crippen LogP contribution in [0.1, 0.15) is 22.3 Å². The molecule has 2 saturated heterocycles. The summed E-state index contributed by atoms with van der Waals surface area (Å²) in [6.07, 6.45) is 0. The van der Waals surface area contributed by atoms with Gasteiger partial charge in [-0.3, -0.25) is 9.59 Å². The summed E-state index contributed by atoms with van der Waals surface area (Å²) in [4.78, 5) is 29.9. The van der Waals surface area contributed by atoms with E-state index in [0.717, 1.165) is 26.7 Å². The highest BCUT2D eigenvalue weighted by atomic mass is 79.9. The Labute approximate surface area is 211 Å². The largest absolute Gasteiger partial charge is 0.348 e. The van der Waals surface area contributed by atoms with Gasteiger partial charge in [-0.1, -0.05) is 101 Å². The Balaban J connectivity index is 1.54. The maximum Gasteiger partial charge on any atom is 0.241 e. The number of nitrogens with zero attached hydrogens (tertiary/aromatic N) is 1. The number of hydrogen-bond acceptors (Lipinski definition) is 3. The van der Waals surface area contributed by atoms with Crippen LogP contribution in [-0.2, 0) is 25.5 Å². The Hall–Kier alpha value is -3.54. The van der Waals surface area contributed by atoms with Gasteiger partial charge in [0.05, 0.1) is 17.5 Å². The van der Waals surface area contributed by atoms with Crippen LogP contribution in [0.25, 0.3) is 0 Å². The first-order valence-electron chi connectivity index (χ1n) is 11.6. The van der Waals surface area contributed by atoms with E-state index in [4.69, 9.17) is 4.74 Å². The molecule has 5 heteroatoms. The molecule has 2 bridgehead atoms. The predicted octanol–water partition coefficient (Wildman–Crippen LogP) is 5.79. The van der Waals surface area contributed by atoms with Gasteiger partial charge >= 0.3 is 0 Å². The van der Waals surface area contributed by atoms with Crippen LogP contribution in [0.5, 0.6) is 0 Å². The van der Waals surface area contributed by atoms with Crippen LogP contribution in [0, 0.1) is 11.8 Å². The van der Waals surface area contributed by atoms with E-state index in [-0.39, 0.29) is 11.8 Å². The highest BCUT2D eigenvalue weighted by Gasteiger charge is 2.78. The lowest BCUT2D eigenvalue weighted by Crippen LogP contribution is -2.42. The number of hydrogen-bond donors (Lipinski definition) is 0. The molecule has 3 heterocycles. The molecule has 0 spiro atoms. The molecular formula is C30H20BrNO3. The molecule has 0 radical (unpaired) electrons. The van der Waals surface area contributed by atoms with Crippen molar-refractivity contribution >= 4 is 33.4 Å². The van der Waals surface area contributed by atoms with Gasteiger partial charge < -0.3 is 4.74 Å². The lowest BCUT2D eigenvalue weighted by molar-refractivity contribution is -0.131. The van der Waals surface area contributed by atoms with Crippen LogP contribution < -0.4 is 4.90 Å². The average molecular weight is 522 g/mol. The summed E-state index contributed by atoms with van der Waals surface area (Å²) in [5.74, 6) is -1.82. The first-order chi connectivity index (χ1) is 17.1. The number of rotatable bonds is 3. The van der Waals surface area contributed by atoms with Crippen LogP contribution in [-0.4, -0.2) is 11.8 Å². The number of benzene rings is 4. The van der Waals surface area contributed by atoms with E-state index in [1.807, 2.05) is 97.1 Å². The van der Waals surface area contributed by atoms with E-state index in [1.165, 1.54) is 4.90 Å². The number of carbonyl (C=O) groups excluding carboxylic acids is 2. The zero-order valence-electron chi connectivity index (χ0n) is 18.6. The summed E-state index contributed by atoms with van der Waals surface area (Å²) in [7, 11) is 0. The van der Waals surface area contributed by atoms with Crippen LogP contribution >= 0.6 is 15.9 Å². The highest BCUT2D eigenvalue weighted by Crippen LogP contribution is 2.70. The van der Waals surface area contributed by atoms with Crippen molar-refractivity contribution in [3.8, 4) is 0 Å². The number of fused-ring (bicyclic) bond motifs is 8. The summed E-state index contributed by atoms with van der Waals surface area (Å²) >= 11 is 3.45. The minimum Gasteiger partial charge on any atom is -0.348 e. The van der Waals surface area contributed by atoms with Crippen molar-refractivity contribution in [2.75, 3.05) is 4.90 Å². The lowest BCUT2D eigenvalue weighted by Gasteiger charge is -2.34. The van der Waals surface area contributed by atoms with Crippen molar-refractivity contribution < 1.29 is 14.3 Å². The van der Waals surface area contributed by atoms with E-state index < -0.39 is 23.0 Å². The Kier molecular flexibility index (Phi) is 4.30. The van der Waals surface area contributed by atoms with Gasteiger partial charge in [0.15, 0.2) is 0 Å². The fraction of sp³-hybridized carbons (Fsp3) is 0.133. The number of carbonyl (C=O) groups is 2. The molecule has 4 aromatic rings. The molecule has 35 heavy (non-hydrogen) atoms. The number of ether oxygens (including phenoxy) is 1. The van der Waals surface area contributed by atoms with Gasteiger partial charge in [-0.25, -0.2) is 4.90 Å². The van der Waals surface area contributed by atoms with Crippen molar-refractivity contribution in [2.45, 2.75) is 11.2 Å². The van der Waals surface area contributed by atoms with Gasteiger partial charge in [0, 0.05) is 4.47 Å². The van der Waals surface area contributed by atoms with Gasteiger partial charge in [-0.15, -0.1) is 0 Å². The third-order valence-electron chi connectivity index (χ3n) is 7.72. The summed E-state index contributed by atoms with van der Waals surface area (Å²) < 4.78 is 8.01. The minimum absolute atomic E-state index is 0.224. The van der Waals surface area contributed by atoms with E-state index in [1.54, 1.807) is 12.1 Å². The van der Waals surface area contributed by atoms with Crippen LogP contribution in [0.2, 0.25) is 0 Å². The molecular weight excluding hydrogens is 502 g/mol. The molecule has 0 aliphatic carbocycles. The zero-order valence-corrected chi connectivity index (χ0v) is 20.2. The van der Waals surface area contributed by atoms with Crippen molar-refractivity contribution in [2.24, 2.45) is 11.8 Å². The molecule has 0 aromatic heterocycles. The molecule has 4 atom stereocenters. The number of amides is 2. The summed E-state index contributed by atoms with van der Waals surface area (Å²) in [6, 6.07) is 35.1. The smallest absolute Gasteiger partial charge is 0.241 e. The fourth-order valence-corrected chi connectivity index (χ4v) is 6.71. The first-order valence-corrected chi connectivity index (χ1v) is 12.4. The maximum absolute atomic E-state index is 14.2. The normalized spacial score (nSPS) is 28.3. The van der Waals surface area contributed by atoms with Gasteiger partial charge in [0.2, 0.25) is 11.8 Å². The fourth-order valence-electron chi connectivity index (χ4n) is 6.45. The molecule has 3 aliphatic heterocycles. The molecule has 0 saturated carbocycles. The SMILES string of the molecule is O=C1C2C(C(=O)N1c1ccc(Br)cc1)C1(c3ccccc3)OC2(c2ccccc2)c2ccccc21. The Bertz CT molecular complexity index is 1400. The highest BCUT2D eigenvalue weighted by molar-refractivity contribution is 9.10. The quantitative estimate of drug-likeness (QED) is 0.321. The number of anilines is 1. The van der Waals surface area contributed by atoms with Crippen molar-refractivity contribution in [3.63, 3.8) is 0 Å². The van der Waals surface area contributed by atoms with Crippen LogP contribution in [0.3, 0.4) is 0 Å². The Morgan fingerprint density at radius 1 is 0.600 bits per heavy atom. The van der Waals surface area contributed by atoms with E-state index in [2.05, 4.69) is 15.9 Å². The maximum atomic E-state index is 14.2. The molecule has 3 aliphatic rings. The summed E-state index contributed by atoms with van der Waals surface area (Å²) in [5.41, 5.74) is 2.13. The molecule has 0 N–H and O–H groups in total. The summed E-state index contributed by atoms with van der Waals surface area (Å²) in [6.45, 7) is 0. The van der Waals surface area contributed by atoms with Gasteiger partial charge in [0.1, 0.15) is 11.2 Å². The first kappa shape index (κ1) is 20.8. The molecule has 7 rings (SSSR count). The van der Waals surface area contributed by atoms with Crippen molar-refractivity contribution in [1.82, 2.24) is 0 Å². The second-order valence-electron chi connectivity index (χ2n) is 9.29. The molecule has 2 amide bonds. The van der Waals surface area contributed by atoms with E-state index >= 15 is 0 Å². The monoisotopic (exact) mass is 521 g/mol. The average Bonchev–Trinajstić information content (AvgIpc) is 3.50. The topological polar surface area (TPSA) is 46.6 Å². The molecule has 170 valence electrons. The zero-order chi connectivity index (χ0) is 23.8. The third-order valence-corrected chi connectivity index (χ3v) is 8.25. The third kappa shape index (κ3) is 2.49. The van der Waals surface area contributed by atoms with Gasteiger partial charge in [-0.05, 0) is 46.5 Å². The second-order valence-corrected chi connectivity index (χ2v) is 10.2. The molecule has 4 aromatic carbocycles. The number of imide groups is 1. The van der Waals surface area contributed by atoms with Crippen molar-refractivity contribution in [3.05, 3.63) is 136 Å². The van der Waals surface area contributed by atoms with Gasteiger partial charge in [-0.2, -0.15) is 0 Å². The Morgan fingerprint density at radius 2 is 1.03 bits per heavy atom. The lowest BCUT2D eigenvalue weighted by atomic mass is 9.61. The Morgan fingerprint density at radius 3 is 1.49 bits per heavy atom. The standard InChI is InChI=1S/C30H20BrNO3/c31-21-15-17-22(18-16-21)32-27(33)25-26(28(32)34)30(20-11-5-2-6-12-20)24-14-8-7-13-23(24)29(25,35-30)19-9-3-1-4-10-19/h1-18,25-26H.